The van der Waals surface area contributed by atoms with Crippen LogP contribution in [0.1, 0.15) is 62.5 Å². The minimum Gasteiger partial charge on any atom is -0.502 e. The molecule has 1 heterocycles. The summed E-state index contributed by atoms with van der Waals surface area (Å²) in [5.74, 6) is -1.89. The SMILES string of the molecule is CC(=O)c1cc([C@H]2C3=C(CC(C)(C)CC3=O)Nc3ccccc3N2C(C)=O)cc([N+](=O)[O-])c1O. The summed E-state index contributed by atoms with van der Waals surface area (Å²) in [5.41, 5.74) is 1.02. The fourth-order valence-electron chi connectivity index (χ4n) is 4.86. The molecule has 9 heteroatoms. The van der Waals surface area contributed by atoms with Crippen molar-refractivity contribution in [1.29, 1.82) is 0 Å². The van der Waals surface area contributed by atoms with Gasteiger partial charge in [0.25, 0.3) is 0 Å². The number of ketones is 2. The van der Waals surface area contributed by atoms with Crippen LogP contribution in [-0.4, -0.2) is 27.5 Å². The van der Waals surface area contributed by atoms with Crippen LogP contribution in [0.15, 0.2) is 47.7 Å². The first-order valence-electron chi connectivity index (χ1n) is 10.9. The highest BCUT2D eigenvalue weighted by Gasteiger charge is 2.43. The van der Waals surface area contributed by atoms with Gasteiger partial charge in [-0.05, 0) is 42.5 Å². The molecule has 0 saturated heterocycles. The molecule has 2 aromatic carbocycles. The summed E-state index contributed by atoms with van der Waals surface area (Å²) in [7, 11) is 0. The Kier molecular flexibility index (Phi) is 5.51. The lowest BCUT2D eigenvalue weighted by molar-refractivity contribution is -0.386. The highest BCUT2D eigenvalue weighted by Crippen LogP contribution is 2.49. The summed E-state index contributed by atoms with van der Waals surface area (Å²) in [6, 6.07) is 8.52. The van der Waals surface area contributed by atoms with Crippen LogP contribution in [0.25, 0.3) is 0 Å². The molecule has 2 aromatic rings. The predicted octanol–water partition coefficient (Wildman–Crippen LogP) is 4.67. The number of nitro groups is 1. The van der Waals surface area contributed by atoms with Gasteiger partial charge in [0, 0.05) is 30.7 Å². The molecule has 0 spiro atoms. The summed E-state index contributed by atoms with van der Waals surface area (Å²) in [6.45, 7) is 6.50. The number of fused-ring (bicyclic) bond motifs is 1. The summed E-state index contributed by atoms with van der Waals surface area (Å²) in [4.78, 5) is 51.1. The van der Waals surface area contributed by atoms with Crippen LogP contribution in [-0.2, 0) is 9.59 Å². The number of allylic oxidation sites excluding steroid dienone is 1. The van der Waals surface area contributed by atoms with Gasteiger partial charge in [-0.1, -0.05) is 26.0 Å². The van der Waals surface area contributed by atoms with E-state index in [0.29, 0.717) is 29.1 Å². The zero-order valence-corrected chi connectivity index (χ0v) is 19.3. The van der Waals surface area contributed by atoms with Gasteiger partial charge in [0.05, 0.1) is 27.9 Å². The lowest BCUT2D eigenvalue weighted by Gasteiger charge is -2.36. The Morgan fingerprint density at radius 3 is 2.47 bits per heavy atom. The van der Waals surface area contributed by atoms with Crippen LogP contribution in [0, 0.1) is 15.5 Å². The zero-order chi connectivity index (χ0) is 24.9. The molecule has 1 aliphatic carbocycles. The monoisotopic (exact) mass is 463 g/mol. The number of phenols is 1. The lowest BCUT2D eigenvalue weighted by atomic mass is 9.73. The van der Waals surface area contributed by atoms with Crippen LogP contribution in [0.3, 0.4) is 0 Å². The molecule has 2 N–H and O–H groups in total. The molecule has 0 aromatic heterocycles. The number of para-hydroxylation sites is 2. The number of hydrogen-bond donors (Lipinski definition) is 2. The number of rotatable bonds is 3. The summed E-state index contributed by atoms with van der Waals surface area (Å²) in [5, 5.41) is 25.4. The molecular formula is C25H25N3O6. The second-order valence-electron chi connectivity index (χ2n) is 9.52. The first-order valence-corrected chi connectivity index (χ1v) is 10.9. The maximum absolute atomic E-state index is 13.5. The van der Waals surface area contributed by atoms with Gasteiger partial charge < -0.3 is 10.4 Å². The van der Waals surface area contributed by atoms with Crippen molar-refractivity contribution < 1.29 is 24.4 Å². The van der Waals surface area contributed by atoms with Gasteiger partial charge in [0.15, 0.2) is 11.6 Å². The normalized spacial score (nSPS) is 19.0. The third kappa shape index (κ3) is 3.83. The molecule has 1 amide bonds. The molecule has 176 valence electrons. The topological polar surface area (TPSA) is 130 Å². The Morgan fingerprint density at radius 1 is 1.18 bits per heavy atom. The van der Waals surface area contributed by atoms with E-state index >= 15 is 0 Å². The number of nitrogens with zero attached hydrogens (tertiary/aromatic N) is 2. The van der Waals surface area contributed by atoms with Gasteiger partial charge in [-0.15, -0.1) is 0 Å². The number of aromatic hydroxyl groups is 1. The van der Waals surface area contributed by atoms with E-state index < -0.39 is 28.2 Å². The van der Waals surface area contributed by atoms with E-state index in [4.69, 9.17) is 0 Å². The van der Waals surface area contributed by atoms with E-state index in [-0.39, 0.29) is 34.7 Å². The van der Waals surface area contributed by atoms with Gasteiger partial charge in [0.1, 0.15) is 0 Å². The quantitative estimate of drug-likeness (QED) is 0.384. The Hall–Kier alpha value is -4.01. The van der Waals surface area contributed by atoms with Crippen molar-refractivity contribution in [3.05, 3.63) is 68.9 Å². The smallest absolute Gasteiger partial charge is 0.311 e. The number of Topliss-reactive ketones (excluding diaryl/α,β-unsaturated/α-hetero) is 2. The van der Waals surface area contributed by atoms with E-state index in [1.54, 1.807) is 24.3 Å². The molecule has 0 radical (unpaired) electrons. The van der Waals surface area contributed by atoms with Crippen molar-refractivity contribution in [3.8, 4) is 5.75 Å². The molecule has 4 rings (SSSR count). The Labute approximate surface area is 196 Å². The minimum absolute atomic E-state index is 0.192. The fourth-order valence-corrected chi connectivity index (χ4v) is 4.86. The number of anilines is 2. The van der Waals surface area contributed by atoms with Crippen molar-refractivity contribution in [1.82, 2.24) is 0 Å². The highest BCUT2D eigenvalue weighted by atomic mass is 16.6. The first kappa shape index (κ1) is 23.2. The Bertz CT molecular complexity index is 1260. The Morgan fingerprint density at radius 2 is 1.85 bits per heavy atom. The standard InChI is InChI=1S/C25H25N3O6/c1-13(29)16-9-15(10-20(24(16)32)28(33)34)23-22-18(11-25(3,4)12-21(22)31)26-17-7-5-6-8-19(17)27(23)14(2)30/h5-10,23,26,32H,11-12H2,1-4H3/t23-/m0/s1. The maximum Gasteiger partial charge on any atom is 0.311 e. The largest absolute Gasteiger partial charge is 0.502 e. The van der Waals surface area contributed by atoms with Crippen molar-refractivity contribution >= 4 is 34.5 Å². The van der Waals surface area contributed by atoms with Crippen LogP contribution in [0.4, 0.5) is 17.1 Å². The molecule has 0 fully saturated rings. The van der Waals surface area contributed by atoms with Crippen LogP contribution >= 0.6 is 0 Å². The van der Waals surface area contributed by atoms with Gasteiger partial charge in [-0.2, -0.15) is 0 Å². The number of carbonyl (C=O) groups is 3. The maximum atomic E-state index is 13.5. The van der Waals surface area contributed by atoms with E-state index in [9.17, 15) is 29.6 Å². The molecule has 0 unspecified atom stereocenters. The molecule has 1 aliphatic heterocycles. The van der Waals surface area contributed by atoms with Crippen molar-refractivity contribution in [2.75, 3.05) is 10.2 Å². The minimum atomic E-state index is -1.02. The van der Waals surface area contributed by atoms with Crippen LogP contribution in [0.5, 0.6) is 5.75 Å². The lowest BCUT2D eigenvalue weighted by Crippen LogP contribution is -2.38. The average molecular weight is 463 g/mol. The molecule has 0 saturated carbocycles. The van der Waals surface area contributed by atoms with Crippen molar-refractivity contribution in [3.63, 3.8) is 0 Å². The number of hydrogen-bond acceptors (Lipinski definition) is 7. The highest BCUT2D eigenvalue weighted by molar-refractivity contribution is 6.06. The second kappa shape index (κ2) is 8.09. The summed E-state index contributed by atoms with van der Waals surface area (Å²) in [6.07, 6.45) is 0.746. The predicted molar refractivity (Wildman–Crippen MR) is 126 cm³/mol. The van der Waals surface area contributed by atoms with Crippen LogP contribution < -0.4 is 10.2 Å². The van der Waals surface area contributed by atoms with Crippen LogP contribution in [0.2, 0.25) is 0 Å². The first-order chi connectivity index (χ1) is 15.9. The number of nitro benzene ring substituents is 1. The number of benzene rings is 2. The summed E-state index contributed by atoms with van der Waals surface area (Å²) < 4.78 is 0. The zero-order valence-electron chi connectivity index (χ0n) is 19.3. The van der Waals surface area contributed by atoms with Gasteiger partial charge in [0.2, 0.25) is 11.7 Å². The molecule has 9 nitrogen and oxygen atoms in total. The number of nitrogens with one attached hydrogen (secondary N) is 1. The molecule has 0 bridgehead atoms. The van der Waals surface area contributed by atoms with E-state index in [1.165, 1.54) is 24.8 Å². The molecule has 34 heavy (non-hydrogen) atoms. The number of phenolic OH excluding ortho intramolecular Hbond substituents is 1. The van der Waals surface area contributed by atoms with Crippen molar-refractivity contribution in [2.45, 2.75) is 46.6 Å². The van der Waals surface area contributed by atoms with Gasteiger partial charge >= 0.3 is 5.69 Å². The second-order valence-corrected chi connectivity index (χ2v) is 9.52. The van der Waals surface area contributed by atoms with E-state index in [0.717, 1.165) is 6.07 Å². The molecule has 2 aliphatic rings. The third-order valence-electron chi connectivity index (χ3n) is 6.24. The number of amides is 1. The molecular weight excluding hydrogens is 438 g/mol. The van der Waals surface area contributed by atoms with E-state index in [2.05, 4.69) is 5.32 Å². The average Bonchev–Trinajstić information content (AvgIpc) is 2.86. The molecule has 1 atom stereocenters. The van der Waals surface area contributed by atoms with Crippen molar-refractivity contribution in [2.24, 2.45) is 5.41 Å². The van der Waals surface area contributed by atoms with Gasteiger partial charge in [-0.3, -0.25) is 29.4 Å². The third-order valence-corrected chi connectivity index (χ3v) is 6.24. The fraction of sp³-hybridized carbons (Fsp3) is 0.320. The number of carbonyl (C=O) groups excluding carboxylic acids is 3. The Balaban J connectivity index is 2.09. The summed E-state index contributed by atoms with van der Waals surface area (Å²) >= 11 is 0. The van der Waals surface area contributed by atoms with E-state index in [1.807, 2.05) is 13.8 Å². The van der Waals surface area contributed by atoms with Gasteiger partial charge in [-0.25, -0.2) is 0 Å².